The van der Waals surface area contributed by atoms with E-state index in [1.54, 1.807) is 7.11 Å². The Balaban J connectivity index is 2.34. The van der Waals surface area contributed by atoms with E-state index in [1.165, 1.54) is 0 Å². The first kappa shape index (κ1) is 12.9. The Labute approximate surface area is 118 Å². The summed E-state index contributed by atoms with van der Waals surface area (Å²) in [5.41, 5.74) is 4.16. The molecule has 0 amide bonds. The maximum Gasteiger partial charge on any atom is 0.342 e. The molecule has 20 heavy (non-hydrogen) atoms. The van der Waals surface area contributed by atoms with E-state index in [0.29, 0.717) is 5.56 Å². The van der Waals surface area contributed by atoms with Gasteiger partial charge in [0.15, 0.2) is 0 Å². The van der Waals surface area contributed by atoms with Crippen LogP contribution in [-0.2, 0) is 15.3 Å². The number of carbonyl (C=O) groups excluding carboxylic acids is 1. The number of fused-ring (bicyclic) bond motifs is 1. The lowest BCUT2D eigenvalue weighted by Crippen LogP contribution is -2.30. The lowest BCUT2D eigenvalue weighted by molar-refractivity contribution is -0.154. The van der Waals surface area contributed by atoms with Crippen molar-refractivity contribution in [1.82, 2.24) is 0 Å². The number of hydrogen-bond acceptors (Lipinski definition) is 3. The Morgan fingerprint density at radius 2 is 1.65 bits per heavy atom. The molecule has 0 aliphatic carbocycles. The summed E-state index contributed by atoms with van der Waals surface area (Å²) in [4.78, 5) is 12.3. The maximum absolute atomic E-state index is 12.3. The Morgan fingerprint density at radius 3 is 2.30 bits per heavy atom. The topological polar surface area (TPSA) is 35.5 Å². The first-order chi connectivity index (χ1) is 9.60. The molecule has 3 nitrogen and oxygen atoms in total. The van der Waals surface area contributed by atoms with Crippen molar-refractivity contribution < 1.29 is 14.3 Å². The van der Waals surface area contributed by atoms with Crippen LogP contribution in [0.2, 0.25) is 0 Å². The summed E-state index contributed by atoms with van der Waals surface area (Å²) in [5.74, 6) is -1.46. The summed E-state index contributed by atoms with van der Waals surface area (Å²) in [5, 5.41) is 0. The molecule has 1 atom stereocenters. The molecule has 1 aliphatic rings. The Bertz CT molecular complexity index is 676. The van der Waals surface area contributed by atoms with E-state index in [4.69, 9.17) is 9.47 Å². The third kappa shape index (κ3) is 1.60. The molecule has 102 valence electrons. The minimum absolute atomic E-state index is 0.327. The summed E-state index contributed by atoms with van der Waals surface area (Å²) in [6.45, 7) is 3.88. The predicted octanol–water partition coefficient (Wildman–Crippen LogP) is 3.32. The molecule has 0 saturated carbocycles. The Hall–Kier alpha value is -2.13. The van der Waals surface area contributed by atoms with Gasteiger partial charge in [0.25, 0.3) is 5.79 Å². The molecule has 0 aromatic heterocycles. The van der Waals surface area contributed by atoms with Gasteiger partial charge in [-0.25, -0.2) is 4.79 Å². The minimum Gasteiger partial charge on any atom is -0.420 e. The zero-order valence-corrected chi connectivity index (χ0v) is 11.8. The predicted molar refractivity (Wildman–Crippen MR) is 75.6 cm³/mol. The van der Waals surface area contributed by atoms with Gasteiger partial charge >= 0.3 is 5.97 Å². The van der Waals surface area contributed by atoms with E-state index in [0.717, 1.165) is 22.3 Å². The van der Waals surface area contributed by atoms with Crippen LogP contribution < -0.4 is 0 Å². The summed E-state index contributed by atoms with van der Waals surface area (Å²) >= 11 is 0. The fraction of sp³-hybridized carbons (Fsp3) is 0.235. The lowest BCUT2D eigenvalue weighted by atomic mass is 9.89. The Kier molecular flexibility index (Phi) is 2.87. The molecule has 0 spiro atoms. The molecule has 0 unspecified atom stereocenters. The first-order valence-corrected chi connectivity index (χ1v) is 6.55. The van der Waals surface area contributed by atoms with Gasteiger partial charge in [0.2, 0.25) is 0 Å². The van der Waals surface area contributed by atoms with Crippen LogP contribution in [0.15, 0.2) is 42.5 Å². The van der Waals surface area contributed by atoms with Crippen molar-refractivity contribution in [2.24, 2.45) is 0 Å². The third-order valence-corrected chi connectivity index (χ3v) is 3.83. The number of hydrogen-bond donors (Lipinski definition) is 0. The van der Waals surface area contributed by atoms with E-state index in [2.05, 4.69) is 0 Å². The molecule has 2 aromatic rings. The van der Waals surface area contributed by atoms with E-state index in [-0.39, 0.29) is 5.97 Å². The van der Waals surface area contributed by atoms with E-state index < -0.39 is 5.79 Å². The van der Waals surface area contributed by atoms with Crippen LogP contribution in [0.5, 0.6) is 0 Å². The highest BCUT2D eigenvalue weighted by Crippen LogP contribution is 2.45. The number of esters is 1. The van der Waals surface area contributed by atoms with Crippen LogP contribution in [0, 0.1) is 13.8 Å². The quantitative estimate of drug-likeness (QED) is 0.784. The highest BCUT2D eigenvalue weighted by atomic mass is 16.7. The van der Waals surface area contributed by atoms with Gasteiger partial charge in [-0.2, -0.15) is 0 Å². The van der Waals surface area contributed by atoms with Crippen LogP contribution in [0.4, 0.5) is 0 Å². The number of ether oxygens (including phenoxy) is 2. The highest BCUT2D eigenvalue weighted by Gasteiger charge is 2.49. The third-order valence-electron chi connectivity index (χ3n) is 3.83. The van der Waals surface area contributed by atoms with Gasteiger partial charge in [0.05, 0.1) is 5.56 Å². The zero-order valence-electron chi connectivity index (χ0n) is 11.8. The summed E-state index contributed by atoms with van der Waals surface area (Å²) < 4.78 is 11.3. The van der Waals surface area contributed by atoms with Crippen LogP contribution in [-0.4, -0.2) is 13.1 Å². The largest absolute Gasteiger partial charge is 0.420 e. The molecule has 3 heteroatoms. The molecular formula is C17H16O3. The zero-order chi connectivity index (χ0) is 14.3. The second-order valence-corrected chi connectivity index (χ2v) is 5.03. The SMILES string of the molecule is CO[C@]1(c2ccccc2)OC(=O)c2c(C)ccc(C)c21. The average Bonchev–Trinajstić information content (AvgIpc) is 2.79. The number of rotatable bonds is 2. The van der Waals surface area contributed by atoms with Gasteiger partial charge < -0.3 is 9.47 Å². The van der Waals surface area contributed by atoms with Gasteiger partial charge in [-0.3, -0.25) is 0 Å². The van der Waals surface area contributed by atoms with Crippen molar-refractivity contribution >= 4 is 5.97 Å². The molecule has 0 N–H and O–H groups in total. The first-order valence-electron chi connectivity index (χ1n) is 6.55. The van der Waals surface area contributed by atoms with Crippen molar-refractivity contribution in [2.75, 3.05) is 7.11 Å². The summed E-state index contributed by atoms with van der Waals surface area (Å²) in [6.07, 6.45) is 0. The fourth-order valence-electron chi connectivity index (χ4n) is 2.85. The molecule has 0 bridgehead atoms. The molecule has 1 heterocycles. The molecule has 1 aliphatic heterocycles. The van der Waals surface area contributed by atoms with Gasteiger partial charge in [0.1, 0.15) is 0 Å². The summed E-state index contributed by atoms with van der Waals surface area (Å²) in [7, 11) is 1.57. The van der Waals surface area contributed by atoms with Crippen molar-refractivity contribution in [2.45, 2.75) is 19.6 Å². The van der Waals surface area contributed by atoms with Crippen LogP contribution in [0.1, 0.15) is 32.6 Å². The van der Waals surface area contributed by atoms with E-state index in [1.807, 2.05) is 56.3 Å². The molecular weight excluding hydrogens is 252 g/mol. The summed E-state index contributed by atoms with van der Waals surface area (Å²) in [6, 6.07) is 13.5. The number of aryl methyl sites for hydroxylation is 2. The van der Waals surface area contributed by atoms with E-state index in [9.17, 15) is 4.79 Å². The van der Waals surface area contributed by atoms with Crippen LogP contribution >= 0.6 is 0 Å². The number of methoxy groups -OCH3 is 1. The second-order valence-electron chi connectivity index (χ2n) is 5.03. The van der Waals surface area contributed by atoms with Crippen molar-refractivity contribution in [3.05, 3.63) is 70.3 Å². The molecule has 3 rings (SSSR count). The van der Waals surface area contributed by atoms with Crippen molar-refractivity contribution in [3.8, 4) is 0 Å². The molecule has 0 saturated heterocycles. The normalized spacial score (nSPS) is 20.6. The Morgan fingerprint density at radius 1 is 1.00 bits per heavy atom. The molecule has 2 aromatic carbocycles. The average molecular weight is 268 g/mol. The van der Waals surface area contributed by atoms with Crippen LogP contribution in [0.3, 0.4) is 0 Å². The lowest BCUT2D eigenvalue weighted by Gasteiger charge is -2.28. The number of cyclic esters (lactones) is 1. The highest BCUT2D eigenvalue weighted by molar-refractivity contribution is 5.97. The van der Waals surface area contributed by atoms with Gasteiger partial charge in [-0.05, 0) is 25.0 Å². The van der Waals surface area contributed by atoms with Crippen molar-refractivity contribution in [1.29, 1.82) is 0 Å². The number of benzene rings is 2. The molecule has 0 radical (unpaired) electrons. The monoisotopic (exact) mass is 268 g/mol. The van der Waals surface area contributed by atoms with Crippen LogP contribution in [0.25, 0.3) is 0 Å². The van der Waals surface area contributed by atoms with Gasteiger partial charge in [0, 0.05) is 18.2 Å². The minimum atomic E-state index is -1.14. The van der Waals surface area contributed by atoms with Gasteiger partial charge in [-0.15, -0.1) is 0 Å². The number of carbonyl (C=O) groups is 1. The van der Waals surface area contributed by atoms with Gasteiger partial charge in [-0.1, -0.05) is 42.5 Å². The second kappa shape index (κ2) is 4.46. The molecule has 0 fully saturated rings. The fourth-order valence-corrected chi connectivity index (χ4v) is 2.85. The smallest absolute Gasteiger partial charge is 0.342 e. The standard InChI is InChI=1S/C17H16O3/c1-11-9-10-12(2)15-14(11)16(18)20-17(15,19-3)13-7-5-4-6-8-13/h4-10H,1-3H3/t17-/m1/s1. The van der Waals surface area contributed by atoms with Crippen molar-refractivity contribution in [3.63, 3.8) is 0 Å². The van der Waals surface area contributed by atoms with E-state index >= 15 is 0 Å². The maximum atomic E-state index is 12.3.